The number of alkyl carbamates (subject to hydrolysis) is 1. The van der Waals surface area contributed by atoms with Gasteiger partial charge in [-0.2, -0.15) is 8.42 Å². The van der Waals surface area contributed by atoms with Gasteiger partial charge in [0.1, 0.15) is 43.2 Å². The average Bonchev–Trinajstić information content (AvgIpc) is 3.08. The van der Waals surface area contributed by atoms with Crippen molar-refractivity contribution in [2.24, 2.45) is 0 Å². The molecule has 0 radical (unpaired) electrons. The van der Waals surface area contributed by atoms with E-state index in [9.17, 15) is 23.4 Å². The molecular weight excluding hydrogens is 589 g/mol. The molecule has 3 saturated heterocycles. The Bertz CT molecular complexity index is 919. The van der Waals surface area contributed by atoms with Gasteiger partial charge in [-0.25, -0.2) is 8.98 Å². The van der Waals surface area contributed by atoms with Crippen molar-refractivity contribution in [2.75, 3.05) is 13.2 Å². The number of aliphatic hydroxyl groups is 2. The van der Waals surface area contributed by atoms with Gasteiger partial charge in [-0.15, -0.1) is 0 Å². The molecule has 4 N–H and O–H groups in total. The van der Waals surface area contributed by atoms with E-state index >= 15 is 0 Å². The Morgan fingerprint density at radius 1 is 1.05 bits per heavy atom. The number of hydrogen-bond donors (Lipinski definition) is 4. The molecule has 10 atom stereocenters. The minimum atomic E-state index is -4.85. The summed E-state index contributed by atoms with van der Waals surface area (Å²) < 4.78 is 67.6. The monoisotopic (exact) mass is 617 g/mol. The third-order valence-corrected chi connectivity index (χ3v) is 6.65. The number of ether oxygens (including phenoxy) is 6. The van der Waals surface area contributed by atoms with E-state index in [1.54, 1.807) is 20.8 Å². The molecule has 0 aliphatic carbocycles. The van der Waals surface area contributed by atoms with Crippen molar-refractivity contribution in [1.82, 2.24) is 5.32 Å². The number of fused-ring (bicyclic) bond motifs is 1. The first-order valence-corrected chi connectivity index (χ1v) is 13.7. The maximum atomic E-state index is 12.4. The third-order valence-electron chi connectivity index (χ3n) is 5.89. The molecule has 3 rings (SSSR count). The lowest BCUT2D eigenvalue weighted by Gasteiger charge is -2.46. The molecule has 18 heteroatoms. The van der Waals surface area contributed by atoms with E-state index in [2.05, 4.69) is 9.50 Å². The zero-order chi connectivity index (χ0) is 27.9. The second kappa shape index (κ2) is 11.7. The molecule has 0 bridgehead atoms. The highest BCUT2D eigenvalue weighted by Gasteiger charge is 2.56. The Kier molecular flexibility index (Phi) is 9.87. The van der Waals surface area contributed by atoms with Crippen LogP contribution in [0.2, 0.25) is 0 Å². The van der Waals surface area contributed by atoms with Crippen LogP contribution < -0.4 is 5.32 Å². The average molecular weight is 619 g/mol. The SMILES string of the molecule is CC1O[C@@H](O[C@@H]2C(NC(=O)OCC(Cl)(Cl)Cl)[C@H](C)OC(COS(=O)(=O)O)[C@@H]2O)C2OC(C)(C)O[C@H]2[C@@H]1O. The fourth-order valence-electron chi connectivity index (χ4n) is 4.31. The zero-order valence-corrected chi connectivity index (χ0v) is 23.2. The quantitative estimate of drug-likeness (QED) is 0.227. The van der Waals surface area contributed by atoms with Crippen molar-refractivity contribution < 1.29 is 60.6 Å². The molecule has 1 amide bonds. The van der Waals surface area contributed by atoms with Gasteiger partial charge in [0.2, 0.25) is 3.79 Å². The highest BCUT2D eigenvalue weighted by molar-refractivity contribution is 7.80. The molecule has 0 spiro atoms. The number of rotatable bonds is 7. The second-order valence-corrected chi connectivity index (χ2v) is 12.9. The van der Waals surface area contributed by atoms with Crippen molar-refractivity contribution in [2.45, 2.75) is 98.4 Å². The van der Waals surface area contributed by atoms with Gasteiger partial charge in [0.15, 0.2) is 12.1 Å². The first-order valence-electron chi connectivity index (χ1n) is 11.2. The van der Waals surface area contributed by atoms with E-state index in [4.69, 9.17) is 67.8 Å². The van der Waals surface area contributed by atoms with Crippen LogP contribution in [0.4, 0.5) is 4.79 Å². The summed E-state index contributed by atoms with van der Waals surface area (Å²) in [5.41, 5.74) is 0. The molecular formula is C19H30Cl3NO13S. The van der Waals surface area contributed by atoms with Gasteiger partial charge in [0.25, 0.3) is 0 Å². The molecule has 216 valence electrons. The first kappa shape index (κ1) is 31.3. The number of halogens is 3. The van der Waals surface area contributed by atoms with Crippen molar-refractivity contribution in [3.05, 3.63) is 0 Å². The normalized spacial score (nSPS) is 40.2. The van der Waals surface area contributed by atoms with E-state index < -0.39 is 100 Å². The predicted octanol–water partition coefficient (Wildman–Crippen LogP) is 0.430. The molecule has 3 aliphatic heterocycles. The van der Waals surface area contributed by atoms with Crippen LogP contribution in [0, 0.1) is 0 Å². The topological polar surface area (TPSA) is 189 Å². The number of nitrogens with one attached hydrogen (secondary N) is 1. The van der Waals surface area contributed by atoms with Crippen molar-refractivity contribution in [3.63, 3.8) is 0 Å². The van der Waals surface area contributed by atoms with Crippen LogP contribution in [-0.4, -0.2) is 113 Å². The maximum absolute atomic E-state index is 12.4. The highest BCUT2D eigenvalue weighted by atomic mass is 35.6. The Morgan fingerprint density at radius 3 is 2.27 bits per heavy atom. The molecule has 0 aromatic heterocycles. The van der Waals surface area contributed by atoms with Gasteiger partial charge < -0.3 is 44.0 Å². The van der Waals surface area contributed by atoms with Crippen molar-refractivity contribution >= 4 is 51.3 Å². The molecule has 3 heterocycles. The lowest BCUT2D eigenvalue weighted by molar-refractivity contribution is -0.312. The van der Waals surface area contributed by atoms with Crippen LogP contribution in [0.15, 0.2) is 0 Å². The van der Waals surface area contributed by atoms with Gasteiger partial charge >= 0.3 is 16.5 Å². The number of alkyl halides is 3. The third kappa shape index (κ3) is 8.36. The minimum absolute atomic E-state index is 0.588. The smallest absolute Gasteiger partial charge is 0.407 e. The molecule has 37 heavy (non-hydrogen) atoms. The van der Waals surface area contributed by atoms with Crippen LogP contribution in [0.25, 0.3) is 0 Å². The van der Waals surface area contributed by atoms with Gasteiger partial charge in [-0.1, -0.05) is 34.8 Å². The minimum Gasteiger partial charge on any atom is -0.445 e. The van der Waals surface area contributed by atoms with E-state index in [0.717, 1.165) is 0 Å². The highest BCUT2D eigenvalue weighted by Crippen LogP contribution is 2.39. The Hall–Kier alpha value is -0.270. The molecule has 3 aliphatic rings. The molecule has 0 aromatic rings. The Morgan fingerprint density at radius 2 is 1.68 bits per heavy atom. The van der Waals surface area contributed by atoms with Gasteiger partial charge in [0, 0.05) is 0 Å². The van der Waals surface area contributed by atoms with Crippen LogP contribution >= 0.6 is 34.8 Å². The van der Waals surface area contributed by atoms with E-state index in [-0.39, 0.29) is 0 Å². The lowest BCUT2D eigenvalue weighted by Crippen LogP contribution is -2.66. The summed E-state index contributed by atoms with van der Waals surface area (Å²) in [7, 11) is -4.85. The predicted molar refractivity (Wildman–Crippen MR) is 125 cm³/mol. The van der Waals surface area contributed by atoms with Gasteiger partial charge in [-0.3, -0.25) is 4.55 Å². The summed E-state index contributed by atoms with van der Waals surface area (Å²) in [5.74, 6) is -1.09. The maximum Gasteiger partial charge on any atom is 0.407 e. The molecule has 3 fully saturated rings. The molecule has 14 nitrogen and oxygen atoms in total. The largest absolute Gasteiger partial charge is 0.445 e. The zero-order valence-electron chi connectivity index (χ0n) is 20.2. The number of hydrogen-bond acceptors (Lipinski definition) is 12. The fraction of sp³-hybridized carbons (Fsp3) is 0.947. The summed E-state index contributed by atoms with van der Waals surface area (Å²) in [4.78, 5) is 12.4. The number of carbonyl (C=O) groups is 1. The number of amides is 1. The Labute approximate surface area is 228 Å². The van der Waals surface area contributed by atoms with Crippen LogP contribution in [0.1, 0.15) is 27.7 Å². The van der Waals surface area contributed by atoms with Crippen LogP contribution in [0.3, 0.4) is 0 Å². The van der Waals surface area contributed by atoms with Gasteiger partial charge in [-0.05, 0) is 27.7 Å². The van der Waals surface area contributed by atoms with E-state index in [1.807, 2.05) is 0 Å². The fourth-order valence-corrected chi connectivity index (χ4v) is 4.78. The van der Waals surface area contributed by atoms with Gasteiger partial charge in [0.05, 0.1) is 24.9 Å². The summed E-state index contributed by atoms with van der Waals surface area (Å²) in [6, 6.07) is -1.11. The second-order valence-electron chi connectivity index (χ2n) is 9.31. The molecule has 0 aromatic carbocycles. The summed E-state index contributed by atoms with van der Waals surface area (Å²) in [5, 5.41) is 24.0. The molecule has 0 saturated carbocycles. The number of carbonyl (C=O) groups excluding carboxylic acids is 1. The summed E-state index contributed by atoms with van der Waals surface area (Å²) in [6.07, 6.45) is -11.0. The lowest BCUT2D eigenvalue weighted by atomic mass is 9.93. The van der Waals surface area contributed by atoms with Crippen molar-refractivity contribution in [3.8, 4) is 0 Å². The Balaban J connectivity index is 1.83. The van der Waals surface area contributed by atoms with Crippen LogP contribution in [0.5, 0.6) is 0 Å². The van der Waals surface area contributed by atoms with Crippen molar-refractivity contribution in [1.29, 1.82) is 0 Å². The first-order chi connectivity index (χ1) is 16.9. The number of aliphatic hydroxyl groups excluding tert-OH is 2. The van der Waals surface area contributed by atoms with E-state index in [0.29, 0.717) is 0 Å². The summed E-state index contributed by atoms with van der Waals surface area (Å²) >= 11 is 16.8. The van der Waals surface area contributed by atoms with Crippen LogP contribution in [-0.2, 0) is 43.0 Å². The molecule has 4 unspecified atom stereocenters. The summed E-state index contributed by atoms with van der Waals surface area (Å²) in [6.45, 7) is 5.00. The van der Waals surface area contributed by atoms with E-state index in [1.165, 1.54) is 6.92 Å². The standard InChI is InChI=1S/C19H30Cl3NO13S/c1-7-10(23-17(26)30-6-19(20,21)22)13(12(25)9(32-7)5-31-37(27,28)29)34-16-15-14(11(24)8(2)33-16)35-18(3,4)36-15/h7-16,24-25H,5-6H2,1-4H3,(H,23,26)(H,27,28,29)/t7-,8?,9?,10?,11+,12-,13+,14-,15?,16-/m0/s1.